The fourth-order valence-corrected chi connectivity index (χ4v) is 3.34. The van der Waals surface area contributed by atoms with Gasteiger partial charge in [-0.05, 0) is 52.7 Å². The van der Waals surface area contributed by atoms with Crippen LogP contribution in [0.15, 0.2) is 12.2 Å². The molecule has 0 radical (unpaired) electrons. The van der Waals surface area contributed by atoms with Crippen molar-refractivity contribution in [2.75, 3.05) is 20.1 Å². The van der Waals surface area contributed by atoms with Gasteiger partial charge in [-0.1, -0.05) is 33.3 Å². The summed E-state index contributed by atoms with van der Waals surface area (Å²) in [6.07, 6.45) is 4.71. The van der Waals surface area contributed by atoms with Gasteiger partial charge in [-0.25, -0.2) is 0 Å². The predicted molar refractivity (Wildman–Crippen MR) is 83.1 cm³/mol. The Morgan fingerprint density at radius 1 is 1.17 bits per heavy atom. The summed E-state index contributed by atoms with van der Waals surface area (Å²) in [6, 6.07) is 0.545. The lowest BCUT2D eigenvalue weighted by atomic mass is 9.80. The normalized spacial score (nSPS) is 13.9. The number of likely N-dealkylation sites (N-methyl/N-ethyl adjacent to an activating group) is 2. The number of allylic oxidation sites excluding steroid dienone is 1. The minimum absolute atomic E-state index is 0.285. The van der Waals surface area contributed by atoms with Gasteiger partial charge in [0.05, 0.1) is 0 Å². The van der Waals surface area contributed by atoms with E-state index >= 15 is 0 Å². The van der Waals surface area contributed by atoms with E-state index in [0.29, 0.717) is 6.04 Å². The first-order valence-corrected chi connectivity index (χ1v) is 7.58. The summed E-state index contributed by atoms with van der Waals surface area (Å²) in [6.45, 7) is 17.6. The van der Waals surface area contributed by atoms with E-state index in [1.54, 1.807) is 0 Å². The van der Waals surface area contributed by atoms with Crippen molar-refractivity contribution in [1.82, 2.24) is 10.2 Å². The molecule has 0 amide bonds. The molecule has 0 fully saturated rings. The lowest BCUT2D eigenvalue weighted by Gasteiger charge is -2.48. The van der Waals surface area contributed by atoms with Crippen molar-refractivity contribution < 1.29 is 0 Å². The van der Waals surface area contributed by atoms with Crippen molar-refractivity contribution in [3.05, 3.63) is 12.2 Å². The molecule has 0 heterocycles. The molecular weight excluding hydrogens is 220 g/mol. The van der Waals surface area contributed by atoms with Gasteiger partial charge < -0.3 is 5.32 Å². The van der Waals surface area contributed by atoms with Gasteiger partial charge in [0.25, 0.3) is 0 Å². The molecule has 2 heteroatoms. The molecule has 0 aliphatic rings. The van der Waals surface area contributed by atoms with Crippen LogP contribution in [0, 0.1) is 0 Å². The molecule has 0 saturated heterocycles. The molecule has 2 nitrogen and oxygen atoms in total. The molecular formula is C16H34N2. The van der Waals surface area contributed by atoms with Crippen molar-refractivity contribution in [3.63, 3.8) is 0 Å². The highest BCUT2D eigenvalue weighted by Gasteiger charge is 2.38. The minimum Gasteiger partial charge on any atom is -0.315 e. The van der Waals surface area contributed by atoms with Gasteiger partial charge in [0.1, 0.15) is 0 Å². The molecule has 0 spiro atoms. The fraction of sp³-hybridized carbons (Fsp3) is 0.875. The van der Waals surface area contributed by atoms with Crippen molar-refractivity contribution in [3.8, 4) is 0 Å². The second kappa shape index (κ2) is 8.71. The fourth-order valence-electron chi connectivity index (χ4n) is 3.34. The number of nitrogens with one attached hydrogen (secondary N) is 1. The van der Waals surface area contributed by atoms with Crippen LogP contribution in [-0.2, 0) is 0 Å². The van der Waals surface area contributed by atoms with Gasteiger partial charge in [-0.2, -0.15) is 0 Å². The molecule has 0 aliphatic carbocycles. The van der Waals surface area contributed by atoms with Crippen LogP contribution < -0.4 is 5.32 Å². The van der Waals surface area contributed by atoms with Crippen molar-refractivity contribution in [2.45, 2.75) is 71.9 Å². The first-order chi connectivity index (χ1) is 8.52. The molecule has 0 rings (SSSR count). The van der Waals surface area contributed by atoms with Crippen LogP contribution in [0.1, 0.15) is 60.3 Å². The third kappa shape index (κ3) is 4.10. The Balaban J connectivity index is 5.05. The zero-order valence-corrected chi connectivity index (χ0v) is 13.5. The first kappa shape index (κ1) is 17.7. The SMILES string of the molecule is C=C(C)CCC(NC)C(CC)(CC)N(CC)CC. The number of hydrogen-bond acceptors (Lipinski definition) is 2. The van der Waals surface area contributed by atoms with Crippen molar-refractivity contribution in [2.24, 2.45) is 0 Å². The van der Waals surface area contributed by atoms with Crippen LogP contribution >= 0.6 is 0 Å². The Morgan fingerprint density at radius 3 is 1.94 bits per heavy atom. The summed E-state index contributed by atoms with van der Waals surface area (Å²) in [5, 5.41) is 3.57. The zero-order valence-electron chi connectivity index (χ0n) is 13.5. The second-order valence-corrected chi connectivity index (χ2v) is 5.32. The lowest BCUT2D eigenvalue weighted by molar-refractivity contribution is 0.0490. The smallest absolute Gasteiger partial charge is 0.0357 e. The minimum atomic E-state index is 0.285. The maximum Gasteiger partial charge on any atom is 0.0357 e. The Kier molecular flexibility index (Phi) is 8.54. The van der Waals surface area contributed by atoms with E-state index in [1.165, 1.54) is 24.8 Å². The highest BCUT2D eigenvalue weighted by molar-refractivity contribution is 5.00. The van der Waals surface area contributed by atoms with Gasteiger partial charge in [-0.15, -0.1) is 6.58 Å². The summed E-state index contributed by atoms with van der Waals surface area (Å²) in [5.41, 5.74) is 1.57. The molecule has 1 N–H and O–H groups in total. The molecule has 18 heavy (non-hydrogen) atoms. The Bertz CT molecular complexity index is 227. The van der Waals surface area contributed by atoms with Gasteiger partial charge in [-0.3, -0.25) is 4.90 Å². The van der Waals surface area contributed by atoms with Crippen LogP contribution in [-0.4, -0.2) is 36.6 Å². The average molecular weight is 254 g/mol. The average Bonchev–Trinajstić information content (AvgIpc) is 2.37. The molecule has 1 unspecified atom stereocenters. The third-order valence-corrected chi connectivity index (χ3v) is 4.47. The topological polar surface area (TPSA) is 15.3 Å². The zero-order chi connectivity index (χ0) is 14.2. The molecule has 0 aromatic carbocycles. The van der Waals surface area contributed by atoms with E-state index in [9.17, 15) is 0 Å². The molecule has 108 valence electrons. The lowest BCUT2D eigenvalue weighted by Crippen LogP contribution is -2.60. The second-order valence-electron chi connectivity index (χ2n) is 5.32. The number of hydrogen-bond donors (Lipinski definition) is 1. The Morgan fingerprint density at radius 2 is 1.67 bits per heavy atom. The quantitative estimate of drug-likeness (QED) is 0.596. The molecule has 0 aromatic rings. The predicted octanol–water partition coefficient (Wildman–Crippen LogP) is 3.83. The monoisotopic (exact) mass is 254 g/mol. The van der Waals surface area contributed by atoms with Crippen molar-refractivity contribution >= 4 is 0 Å². The van der Waals surface area contributed by atoms with Crippen LogP contribution in [0.5, 0.6) is 0 Å². The van der Waals surface area contributed by atoms with Gasteiger partial charge in [0.2, 0.25) is 0 Å². The highest BCUT2D eigenvalue weighted by Crippen LogP contribution is 2.30. The number of nitrogens with zero attached hydrogens (tertiary/aromatic N) is 1. The summed E-state index contributed by atoms with van der Waals surface area (Å²) in [5.74, 6) is 0. The maximum absolute atomic E-state index is 4.04. The third-order valence-electron chi connectivity index (χ3n) is 4.47. The van der Waals surface area contributed by atoms with Crippen LogP contribution in [0.25, 0.3) is 0 Å². The number of rotatable bonds is 10. The molecule has 0 aromatic heterocycles. The van der Waals surface area contributed by atoms with Crippen molar-refractivity contribution in [1.29, 1.82) is 0 Å². The van der Waals surface area contributed by atoms with Crippen LogP contribution in [0.4, 0.5) is 0 Å². The van der Waals surface area contributed by atoms with Gasteiger partial charge in [0.15, 0.2) is 0 Å². The van der Waals surface area contributed by atoms with E-state index in [4.69, 9.17) is 0 Å². The van der Waals surface area contributed by atoms with Crippen LogP contribution in [0.3, 0.4) is 0 Å². The van der Waals surface area contributed by atoms with Gasteiger partial charge >= 0.3 is 0 Å². The Hall–Kier alpha value is -0.340. The summed E-state index contributed by atoms with van der Waals surface area (Å²) in [7, 11) is 2.10. The van der Waals surface area contributed by atoms with E-state index < -0.39 is 0 Å². The van der Waals surface area contributed by atoms with E-state index in [-0.39, 0.29) is 5.54 Å². The maximum atomic E-state index is 4.04. The molecule has 0 bridgehead atoms. The Labute approximate surface area is 115 Å². The largest absolute Gasteiger partial charge is 0.315 e. The first-order valence-electron chi connectivity index (χ1n) is 7.58. The summed E-state index contributed by atoms with van der Waals surface area (Å²) < 4.78 is 0. The van der Waals surface area contributed by atoms with Gasteiger partial charge in [0, 0.05) is 11.6 Å². The highest BCUT2D eigenvalue weighted by atomic mass is 15.2. The molecule has 0 aliphatic heterocycles. The van der Waals surface area contributed by atoms with E-state index in [0.717, 1.165) is 19.5 Å². The standard InChI is InChI=1S/C16H34N2/c1-8-16(9-2,18(10-3)11-4)15(17-7)13-12-14(5)6/h15,17H,5,8-13H2,1-4,6-7H3. The van der Waals surface area contributed by atoms with E-state index in [2.05, 4.69) is 58.5 Å². The van der Waals surface area contributed by atoms with Crippen LogP contribution in [0.2, 0.25) is 0 Å². The summed E-state index contributed by atoms with van der Waals surface area (Å²) in [4.78, 5) is 2.63. The summed E-state index contributed by atoms with van der Waals surface area (Å²) >= 11 is 0. The molecule has 0 saturated carbocycles. The van der Waals surface area contributed by atoms with E-state index in [1.807, 2.05) is 0 Å². The molecule has 1 atom stereocenters.